The van der Waals surface area contributed by atoms with E-state index in [4.69, 9.17) is 16.3 Å². The summed E-state index contributed by atoms with van der Waals surface area (Å²) in [4.78, 5) is 4.18. The van der Waals surface area contributed by atoms with Crippen LogP contribution >= 0.6 is 11.6 Å². The molecule has 3 aromatic rings. The van der Waals surface area contributed by atoms with E-state index in [0.29, 0.717) is 12.6 Å². The fourth-order valence-corrected chi connectivity index (χ4v) is 2.64. The standard InChI is InChI=1S/C21H19ClN2O/c1-23-21(25-15-16-7-3-2-4-8-16)24-20-12-6-10-18(14-20)17-9-5-11-19(22)13-17/h2-14H,15H2,1H3,(H,23,24). The summed E-state index contributed by atoms with van der Waals surface area (Å²) < 4.78 is 5.76. The van der Waals surface area contributed by atoms with Gasteiger partial charge in [-0.3, -0.25) is 0 Å². The Bertz CT molecular complexity index is 863. The average Bonchev–Trinajstić information content (AvgIpc) is 2.66. The number of ether oxygens (including phenoxy) is 1. The van der Waals surface area contributed by atoms with Crippen molar-refractivity contribution in [2.45, 2.75) is 6.61 Å². The normalized spacial score (nSPS) is 11.2. The third-order valence-corrected chi connectivity index (χ3v) is 3.93. The topological polar surface area (TPSA) is 33.6 Å². The van der Waals surface area contributed by atoms with E-state index in [1.54, 1.807) is 7.05 Å². The Hall–Kier alpha value is -2.78. The quantitative estimate of drug-likeness (QED) is 0.489. The minimum atomic E-state index is 0.467. The second-order valence-electron chi connectivity index (χ2n) is 5.52. The molecule has 0 aliphatic heterocycles. The molecule has 0 heterocycles. The summed E-state index contributed by atoms with van der Waals surface area (Å²) in [6, 6.07) is 26.3. The van der Waals surface area contributed by atoms with Gasteiger partial charge in [0.1, 0.15) is 6.61 Å². The fourth-order valence-electron chi connectivity index (χ4n) is 2.45. The Morgan fingerprint density at radius 1 is 0.920 bits per heavy atom. The van der Waals surface area contributed by atoms with Crippen molar-refractivity contribution in [1.82, 2.24) is 0 Å². The van der Waals surface area contributed by atoms with E-state index in [2.05, 4.69) is 10.3 Å². The molecule has 4 heteroatoms. The van der Waals surface area contributed by atoms with Crippen molar-refractivity contribution in [3.8, 4) is 11.1 Å². The molecule has 0 aromatic heterocycles. The minimum absolute atomic E-state index is 0.467. The second-order valence-corrected chi connectivity index (χ2v) is 5.96. The van der Waals surface area contributed by atoms with E-state index < -0.39 is 0 Å². The highest BCUT2D eigenvalue weighted by Gasteiger charge is 2.04. The molecule has 3 rings (SSSR count). The van der Waals surface area contributed by atoms with Crippen molar-refractivity contribution >= 4 is 23.3 Å². The number of aliphatic imine (C=N–C) groups is 1. The third-order valence-electron chi connectivity index (χ3n) is 3.69. The van der Waals surface area contributed by atoms with Crippen LogP contribution in [0.4, 0.5) is 5.69 Å². The highest BCUT2D eigenvalue weighted by Crippen LogP contribution is 2.25. The van der Waals surface area contributed by atoms with Gasteiger partial charge < -0.3 is 10.1 Å². The van der Waals surface area contributed by atoms with Gasteiger partial charge in [-0.2, -0.15) is 0 Å². The van der Waals surface area contributed by atoms with Gasteiger partial charge in [-0.15, -0.1) is 0 Å². The molecule has 126 valence electrons. The van der Waals surface area contributed by atoms with E-state index in [0.717, 1.165) is 27.4 Å². The third kappa shape index (κ3) is 4.85. The van der Waals surface area contributed by atoms with Crippen molar-refractivity contribution in [3.63, 3.8) is 0 Å². The first-order valence-corrected chi connectivity index (χ1v) is 8.39. The Kier molecular flexibility index (Phi) is 5.70. The van der Waals surface area contributed by atoms with Crippen molar-refractivity contribution in [2.24, 2.45) is 4.99 Å². The van der Waals surface area contributed by atoms with Gasteiger partial charge in [0.25, 0.3) is 6.02 Å². The molecule has 0 radical (unpaired) electrons. The van der Waals surface area contributed by atoms with Crippen molar-refractivity contribution in [1.29, 1.82) is 0 Å². The van der Waals surface area contributed by atoms with Gasteiger partial charge in [0.2, 0.25) is 0 Å². The molecular formula is C21H19ClN2O. The number of hydrogen-bond donors (Lipinski definition) is 1. The lowest BCUT2D eigenvalue weighted by Gasteiger charge is -2.12. The number of amidine groups is 1. The average molecular weight is 351 g/mol. The van der Waals surface area contributed by atoms with E-state index in [-0.39, 0.29) is 0 Å². The first-order chi connectivity index (χ1) is 12.2. The van der Waals surface area contributed by atoms with Crippen LogP contribution in [0.3, 0.4) is 0 Å². The number of hydrogen-bond acceptors (Lipinski definition) is 2. The zero-order valence-corrected chi connectivity index (χ0v) is 14.7. The van der Waals surface area contributed by atoms with E-state index in [9.17, 15) is 0 Å². The fraction of sp³-hybridized carbons (Fsp3) is 0.0952. The van der Waals surface area contributed by atoms with E-state index in [1.807, 2.05) is 78.9 Å². The van der Waals surface area contributed by atoms with Crippen LogP contribution in [0, 0.1) is 0 Å². The maximum atomic E-state index is 6.09. The van der Waals surface area contributed by atoms with Crippen molar-refractivity contribution < 1.29 is 4.74 Å². The smallest absolute Gasteiger partial charge is 0.289 e. The number of halogens is 1. The summed E-state index contributed by atoms with van der Waals surface area (Å²) in [5, 5.41) is 3.94. The highest BCUT2D eigenvalue weighted by molar-refractivity contribution is 6.30. The molecule has 3 aromatic carbocycles. The van der Waals surface area contributed by atoms with Crippen LogP contribution < -0.4 is 5.32 Å². The molecule has 0 bridgehead atoms. The lowest BCUT2D eigenvalue weighted by molar-refractivity contribution is 0.291. The number of nitrogens with zero attached hydrogens (tertiary/aromatic N) is 1. The summed E-state index contributed by atoms with van der Waals surface area (Å²) in [5.41, 5.74) is 4.15. The minimum Gasteiger partial charge on any atom is -0.460 e. The number of anilines is 1. The van der Waals surface area contributed by atoms with Crippen LogP contribution in [0.2, 0.25) is 5.02 Å². The SMILES string of the molecule is CN=C(Nc1cccc(-c2cccc(Cl)c2)c1)OCc1ccccc1. The number of benzene rings is 3. The molecule has 1 N–H and O–H groups in total. The summed E-state index contributed by atoms with van der Waals surface area (Å²) in [6.07, 6.45) is 0. The summed E-state index contributed by atoms with van der Waals surface area (Å²) in [7, 11) is 1.70. The molecule has 0 spiro atoms. The van der Waals surface area contributed by atoms with Gasteiger partial charge in [-0.1, -0.05) is 66.2 Å². The monoisotopic (exact) mass is 350 g/mol. The lowest BCUT2D eigenvalue weighted by atomic mass is 10.1. The molecule has 0 aliphatic carbocycles. The summed E-state index contributed by atoms with van der Waals surface area (Å²) in [6.45, 7) is 0.467. The van der Waals surface area contributed by atoms with Gasteiger partial charge in [0.05, 0.1) is 0 Å². The maximum Gasteiger partial charge on any atom is 0.289 e. The van der Waals surface area contributed by atoms with Crippen LogP contribution in [-0.4, -0.2) is 13.1 Å². The lowest BCUT2D eigenvalue weighted by Crippen LogP contribution is -2.16. The van der Waals surface area contributed by atoms with Gasteiger partial charge >= 0.3 is 0 Å². The number of rotatable bonds is 4. The van der Waals surface area contributed by atoms with Gasteiger partial charge in [0, 0.05) is 17.8 Å². The zero-order chi connectivity index (χ0) is 17.5. The molecule has 0 fully saturated rings. The Labute approximate surface area is 153 Å². The van der Waals surface area contributed by atoms with Gasteiger partial charge in [0.15, 0.2) is 0 Å². The molecule has 0 unspecified atom stereocenters. The molecule has 0 aliphatic rings. The largest absolute Gasteiger partial charge is 0.460 e. The molecule has 0 saturated heterocycles. The number of nitrogens with one attached hydrogen (secondary N) is 1. The predicted octanol–water partition coefficient (Wildman–Crippen LogP) is 5.62. The second kappa shape index (κ2) is 8.36. The molecular weight excluding hydrogens is 332 g/mol. The van der Waals surface area contributed by atoms with E-state index in [1.165, 1.54) is 0 Å². The van der Waals surface area contributed by atoms with Crippen LogP contribution in [0.25, 0.3) is 11.1 Å². The van der Waals surface area contributed by atoms with Crippen LogP contribution in [-0.2, 0) is 11.3 Å². The van der Waals surface area contributed by atoms with Crippen molar-refractivity contribution in [2.75, 3.05) is 12.4 Å². The zero-order valence-electron chi connectivity index (χ0n) is 13.9. The molecule has 0 amide bonds. The van der Waals surface area contributed by atoms with Crippen molar-refractivity contribution in [3.05, 3.63) is 89.4 Å². The summed E-state index contributed by atoms with van der Waals surface area (Å²) in [5.74, 6) is 0. The Morgan fingerprint density at radius 2 is 1.64 bits per heavy atom. The Morgan fingerprint density at radius 3 is 2.36 bits per heavy atom. The maximum absolute atomic E-state index is 6.09. The van der Waals surface area contributed by atoms with Gasteiger partial charge in [-0.25, -0.2) is 4.99 Å². The predicted molar refractivity (Wildman–Crippen MR) is 105 cm³/mol. The Balaban J connectivity index is 1.70. The van der Waals surface area contributed by atoms with Gasteiger partial charge in [-0.05, 0) is 41.0 Å². The first-order valence-electron chi connectivity index (χ1n) is 8.01. The molecule has 3 nitrogen and oxygen atoms in total. The molecule has 0 atom stereocenters. The van der Waals surface area contributed by atoms with Crippen LogP contribution in [0.1, 0.15) is 5.56 Å². The summed E-state index contributed by atoms with van der Waals surface area (Å²) >= 11 is 6.09. The molecule has 0 saturated carbocycles. The first kappa shape index (κ1) is 17.1. The van der Waals surface area contributed by atoms with Crippen LogP contribution in [0.15, 0.2) is 83.9 Å². The van der Waals surface area contributed by atoms with E-state index >= 15 is 0 Å². The molecule has 25 heavy (non-hydrogen) atoms. The van der Waals surface area contributed by atoms with Crippen LogP contribution in [0.5, 0.6) is 0 Å². The highest BCUT2D eigenvalue weighted by atomic mass is 35.5.